The van der Waals surface area contributed by atoms with Gasteiger partial charge in [0.25, 0.3) is 0 Å². The summed E-state index contributed by atoms with van der Waals surface area (Å²) in [6.07, 6.45) is -3.66. The summed E-state index contributed by atoms with van der Waals surface area (Å²) in [4.78, 5) is 4.32. The minimum atomic E-state index is -4.42. The number of hydrogen-bond acceptors (Lipinski definition) is 3. The number of hydrogen-bond donors (Lipinski definition) is 2. The zero-order valence-electron chi connectivity index (χ0n) is 10.4. The van der Waals surface area contributed by atoms with E-state index in [1.165, 1.54) is 6.07 Å². The molecule has 0 aliphatic carbocycles. The summed E-state index contributed by atoms with van der Waals surface area (Å²) in [7, 11) is 0. The number of nitrogen functional groups attached to an aromatic ring is 1. The van der Waals surface area contributed by atoms with Crippen molar-refractivity contribution >= 4 is 29.2 Å². The Morgan fingerprint density at radius 3 is 2.48 bits per heavy atom. The first-order valence-electron chi connectivity index (χ1n) is 5.62. The summed E-state index contributed by atoms with van der Waals surface area (Å²) < 4.78 is 37.4. The zero-order valence-corrected chi connectivity index (χ0v) is 12.0. The molecule has 0 atom stereocenters. The van der Waals surface area contributed by atoms with E-state index < -0.39 is 11.7 Å². The lowest BCUT2D eigenvalue weighted by atomic mass is 10.2. The van der Waals surface area contributed by atoms with Crippen LogP contribution in [-0.2, 0) is 6.18 Å². The molecule has 0 saturated heterocycles. The molecule has 3 N–H and O–H groups in total. The number of nitrogens with two attached hydrogens (primary N) is 1. The largest absolute Gasteiger partial charge is 0.417 e. The zero-order chi connectivity index (χ0) is 15.6. The predicted molar refractivity (Wildman–Crippen MR) is 75.8 cm³/mol. The number of aromatic nitrogens is 1. The Morgan fingerprint density at radius 2 is 1.95 bits per heavy atom. The minimum absolute atomic E-state index is 0.152. The highest BCUT2D eigenvalue weighted by atomic mass is 35.5. The van der Waals surface area contributed by atoms with Gasteiger partial charge in [-0.05, 0) is 30.3 Å². The Morgan fingerprint density at radius 1 is 1.24 bits per heavy atom. The molecule has 1 heterocycles. The summed E-state index contributed by atoms with van der Waals surface area (Å²) in [6.45, 7) is 0. The number of nitrogens with one attached hydrogen (secondary N) is 1. The number of nitrogens with zero attached hydrogens (tertiary/aromatic N) is 1. The lowest BCUT2D eigenvalue weighted by Crippen LogP contribution is -2.12. The smallest absolute Gasteiger partial charge is 0.384 e. The molecule has 0 bridgehead atoms. The van der Waals surface area contributed by atoms with Crippen LogP contribution < -0.4 is 5.73 Å². The average molecular weight is 332 g/mol. The quantitative estimate of drug-likeness (QED) is 0.655. The maximum absolute atomic E-state index is 12.5. The molecule has 1 aromatic carbocycles. The number of rotatable bonds is 3. The number of pyridine rings is 1. The minimum Gasteiger partial charge on any atom is -0.384 e. The first kappa shape index (κ1) is 15.7. The number of benzene rings is 1. The van der Waals surface area contributed by atoms with Gasteiger partial charge >= 0.3 is 6.18 Å². The van der Waals surface area contributed by atoms with E-state index in [1.54, 1.807) is 18.2 Å². The van der Waals surface area contributed by atoms with Crippen molar-refractivity contribution in [2.45, 2.75) is 16.1 Å². The molecule has 0 aliphatic heterocycles. The second-order valence-corrected chi connectivity index (χ2v) is 5.54. The van der Waals surface area contributed by atoms with Gasteiger partial charge in [-0.15, -0.1) is 0 Å². The number of alkyl halides is 3. The van der Waals surface area contributed by atoms with Gasteiger partial charge < -0.3 is 5.73 Å². The van der Waals surface area contributed by atoms with Crippen LogP contribution in [0, 0.1) is 5.41 Å². The standard InChI is InChI=1S/C13H9ClF3N3S/c14-8-2-3-9(12(18)19)10(5-8)21-11-4-1-7(6-20-11)13(15,16)17/h1-6H,(H3,18,19). The van der Waals surface area contributed by atoms with E-state index >= 15 is 0 Å². The number of halogens is 4. The fourth-order valence-electron chi connectivity index (χ4n) is 1.52. The Kier molecular flexibility index (Phi) is 4.43. The molecule has 2 rings (SSSR count). The van der Waals surface area contributed by atoms with E-state index in [2.05, 4.69) is 4.98 Å². The first-order chi connectivity index (χ1) is 9.77. The Hall–Kier alpha value is -1.73. The molecule has 0 radical (unpaired) electrons. The van der Waals surface area contributed by atoms with Gasteiger partial charge in [-0.25, -0.2) is 4.98 Å². The molecule has 3 nitrogen and oxygen atoms in total. The second kappa shape index (κ2) is 5.95. The fourth-order valence-corrected chi connectivity index (χ4v) is 2.70. The van der Waals surface area contributed by atoms with E-state index in [0.29, 0.717) is 20.5 Å². The highest BCUT2D eigenvalue weighted by Gasteiger charge is 2.30. The third-order valence-electron chi connectivity index (χ3n) is 2.51. The van der Waals surface area contributed by atoms with Gasteiger partial charge in [0.1, 0.15) is 10.9 Å². The summed E-state index contributed by atoms with van der Waals surface area (Å²) in [5.41, 5.74) is 5.09. The molecule has 0 saturated carbocycles. The molecule has 0 amide bonds. The van der Waals surface area contributed by atoms with Crippen LogP contribution in [0.4, 0.5) is 13.2 Å². The van der Waals surface area contributed by atoms with Gasteiger partial charge in [-0.3, -0.25) is 5.41 Å². The van der Waals surface area contributed by atoms with E-state index in [4.69, 9.17) is 22.7 Å². The molecule has 8 heteroatoms. The predicted octanol–water partition coefficient (Wildman–Crippen LogP) is 4.19. The molecule has 1 aromatic heterocycles. The summed E-state index contributed by atoms with van der Waals surface area (Å²) in [5, 5.41) is 8.27. The van der Waals surface area contributed by atoms with Gasteiger partial charge in [-0.1, -0.05) is 23.4 Å². The fraction of sp³-hybridized carbons (Fsp3) is 0.0769. The normalized spacial score (nSPS) is 11.4. The SMILES string of the molecule is N=C(N)c1ccc(Cl)cc1Sc1ccc(C(F)(F)F)cn1. The lowest BCUT2D eigenvalue weighted by molar-refractivity contribution is -0.137. The molecule has 0 aliphatic rings. The Bertz CT molecular complexity index is 671. The highest BCUT2D eigenvalue weighted by Crippen LogP contribution is 2.33. The van der Waals surface area contributed by atoms with Crippen molar-refractivity contribution in [1.82, 2.24) is 4.98 Å². The Labute approximate surface area is 127 Å². The molecule has 0 unspecified atom stereocenters. The van der Waals surface area contributed by atoms with Crippen LogP contribution >= 0.6 is 23.4 Å². The van der Waals surface area contributed by atoms with Gasteiger partial charge in [0, 0.05) is 21.7 Å². The maximum Gasteiger partial charge on any atom is 0.417 e. The van der Waals surface area contributed by atoms with Crippen molar-refractivity contribution in [1.29, 1.82) is 5.41 Å². The molecule has 21 heavy (non-hydrogen) atoms. The van der Waals surface area contributed by atoms with Crippen LogP contribution in [-0.4, -0.2) is 10.8 Å². The van der Waals surface area contributed by atoms with Gasteiger partial charge in [0.05, 0.1) is 5.56 Å². The molecule has 0 spiro atoms. The van der Waals surface area contributed by atoms with E-state index in [9.17, 15) is 13.2 Å². The molecule has 110 valence electrons. The summed E-state index contributed by atoms with van der Waals surface area (Å²) in [6, 6.07) is 6.97. The first-order valence-corrected chi connectivity index (χ1v) is 6.82. The van der Waals surface area contributed by atoms with Crippen LogP contribution in [0.3, 0.4) is 0 Å². The molecule has 2 aromatic rings. The van der Waals surface area contributed by atoms with Crippen molar-refractivity contribution in [2.75, 3.05) is 0 Å². The van der Waals surface area contributed by atoms with E-state index in [0.717, 1.165) is 24.0 Å². The van der Waals surface area contributed by atoms with Gasteiger partial charge in [-0.2, -0.15) is 13.2 Å². The maximum atomic E-state index is 12.5. The summed E-state index contributed by atoms with van der Waals surface area (Å²) >= 11 is 6.97. The van der Waals surface area contributed by atoms with Gasteiger partial charge in [0.15, 0.2) is 0 Å². The van der Waals surface area contributed by atoms with Gasteiger partial charge in [0.2, 0.25) is 0 Å². The Balaban J connectivity index is 2.30. The summed E-state index contributed by atoms with van der Waals surface area (Å²) in [5.74, 6) is -0.152. The second-order valence-electron chi connectivity index (χ2n) is 4.04. The third kappa shape index (κ3) is 3.89. The molecule has 0 fully saturated rings. The van der Waals surface area contributed by atoms with Crippen molar-refractivity contribution in [2.24, 2.45) is 5.73 Å². The lowest BCUT2D eigenvalue weighted by Gasteiger charge is -2.09. The van der Waals surface area contributed by atoms with Crippen LogP contribution in [0.1, 0.15) is 11.1 Å². The van der Waals surface area contributed by atoms with Crippen molar-refractivity contribution < 1.29 is 13.2 Å². The van der Waals surface area contributed by atoms with E-state index in [1.807, 2.05) is 0 Å². The number of amidine groups is 1. The van der Waals surface area contributed by atoms with Crippen LogP contribution in [0.15, 0.2) is 46.5 Å². The van der Waals surface area contributed by atoms with E-state index in [-0.39, 0.29) is 5.84 Å². The molecular formula is C13H9ClF3N3S. The van der Waals surface area contributed by atoms with Crippen LogP contribution in [0.25, 0.3) is 0 Å². The van der Waals surface area contributed by atoms with Crippen LogP contribution in [0.5, 0.6) is 0 Å². The third-order valence-corrected chi connectivity index (χ3v) is 3.76. The topological polar surface area (TPSA) is 62.8 Å². The molecular weight excluding hydrogens is 323 g/mol. The average Bonchev–Trinajstić information content (AvgIpc) is 2.38. The monoisotopic (exact) mass is 331 g/mol. The van der Waals surface area contributed by atoms with Crippen molar-refractivity contribution in [3.05, 3.63) is 52.7 Å². The van der Waals surface area contributed by atoms with Crippen molar-refractivity contribution in [3.63, 3.8) is 0 Å². The van der Waals surface area contributed by atoms with Crippen LogP contribution in [0.2, 0.25) is 5.02 Å². The highest BCUT2D eigenvalue weighted by molar-refractivity contribution is 7.99. The van der Waals surface area contributed by atoms with Crippen molar-refractivity contribution in [3.8, 4) is 0 Å².